The van der Waals surface area contributed by atoms with Crippen LogP contribution in [0.15, 0.2) is 39.7 Å². The second-order valence-corrected chi connectivity index (χ2v) is 5.99. The molecule has 2 aromatic rings. The fourth-order valence-electron chi connectivity index (χ4n) is 1.80. The summed E-state index contributed by atoms with van der Waals surface area (Å²) in [6, 6.07) is 6.21. The predicted octanol–water partition coefficient (Wildman–Crippen LogP) is 3.87. The molecule has 0 bridgehead atoms. The first kappa shape index (κ1) is 14.3. The summed E-state index contributed by atoms with van der Waals surface area (Å²) in [4.78, 5) is -1.16. The van der Waals surface area contributed by atoms with Crippen molar-refractivity contribution in [2.75, 3.05) is 0 Å². The van der Waals surface area contributed by atoms with Crippen molar-refractivity contribution in [3.8, 4) is 0 Å². The van der Waals surface area contributed by atoms with Crippen molar-refractivity contribution in [3.05, 3.63) is 40.4 Å². The number of hydrogen-bond donors (Lipinski definition) is 1. The molecule has 0 aliphatic heterocycles. The quantitative estimate of drug-likeness (QED) is 0.791. The van der Waals surface area contributed by atoms with Crippen LogP contribution in [0.5, 0.6) is 0 Å². The summed E-state index contributed by atoms with van der Waals surface area (Å²) >= 11 is 3.00. The molecule has 0 aliphatic rings. The third-order valence-electron chi connectivity index (χ3n) is 2.52. The highest BCUT2D eigenvalue weighted by Gasteiger charge is 2.39. The van der Waals surface area contributed by atoms with E-state index in [1.807, 2.05) is 0 Å². The van der Waals surface area contributed by atoms with E-state index in [9.17, 15) is 21.6 Å². The molecule has 8 heteroatoms. The summed E-state index contributed by atoms with van der Waals surface area (Å²) in [5.74, 6) is 0. The molecular weight excluding hydrogens is 349 g/mol. The second-order valence-electron chi connectivity index (χ2n) is 3.75. The average molecular weight is 355 g/mol. The summed E-state index contributed by atoms with van der Waals surface area (Å²) in [5.41, 5.74) is -1.37. The van der Waals surface area contributed by atoms with Crippen LogP contribution in [0, 0.1) is 0 Å². The van der Waals surface area contributed by atoms with E-state index in [0.29, 0.717) is 0 Å². The highest BCUT2D eigenvalue weighted by Crippen LogP contribution is 2.41. The lowest BCUT2D eigenvalue weighted by molar-refractivity contribution is -0.138. The minimum atomic E-state index is -4.98. The van der Waals surface area contributed by atoms with Crippen molar-refractivity contribution >= 4 is 36.8 Å². The van der Waals surface area contributed by atoms with E-state index in [1.165, 1.54) is 18.2 Å². The third-order valence-corrected chi connectivity index (χ3v) is 4.05. The molecule has 0 unspecified atom stereocenters. The van der Waals surface area contributed by atoms with Crippen LogP contribution in [0.1, 0.15) is 5.56 Å². The Morgan fingerprint density at radius 2 is 1.63 bits per heavy atom. The number of rotatable bonds is 1. The molecule has 0 saturated heterocycles. The molecular formula is C11H6BrF3O3S. The number of fused-ring (bicyclic) bond motifs is 1. The molecule has 3 nitrogen and oxygen atoms in total. The van der Waals surface area contributed by atoms with Crippen molar-refractivity contribution in [2.24, 2.45) is 0 Å². The Balaban J connectivity index is 3.07. The van der Waals surface area contributed by atoms with Gasteiger partial charge in [0.05, 0.1) is 5.56 Å². The zero-order valence-corrected chi connectivity index (χ0v) is 11.5. The lowest BCUT2D eigenvalue weighted by Crippen LogP contribution is -2.13. The molecule has 0 fully saturated rings. The predicted molar refractivity (Wildman–Crippen MR) is 66.5 cm³/mol. The summed E-state index contributed by atoms with van der Waals surface area (Å²) in [6.07, 6.45) is -4.90. The standard InChI is InChI=1S/C11H6BrF3O3S/c12-8-5-9(19(16,17)18)10(11(13,14)15)7-4-2-1-3-6(7)8/h1-5H,(H,16,17,18). The van der Waals surface area contributed by atoms with Gasteiger partial charge in [0.1, 0.15) is 4.90 Å². The van der Waals surface area contributed by atoms with E-state index < -0.39 is 26.8 Å². The highest BCUT2D eigenvalue weighted by molar-refractivity contribution is 9.10. The Bertz CT molecular complexity index is 754. The zero-order valence-electron chi connectivity index (χ0n) is 9.07. The topological polar surface area (TPSA) is 54.4 Å². The van der Waals surface area contributed by atoms with Gasteiger partial charge in [-0.25, -0.2) is 0 Å². The van der Waals surface area contributed by atoms with Crippen molar-refractivity contribution in [2.45, 2.75) is 11.1 Å². The van der Waals surface area contributed by atoms with Crippen molar-refractivity contribution in [3.63, 3.8) is 0 Å². The van der Waals surface area contributed by atoms with Crippen LogP contribution in [0.4, 0.5) is 13.2 Å². The van der Waals surface area contributed by atoms with Gasteiger partial charge < -0.3 is 0 Å². The number of benzene rings is 2. The van der Waals surface area contributed by atoms with E-state index in [-0.39, 0.29) is 15.2 Å². The van der Waals surface area contributed by atoms with Crippen molar-refractivity contribution in [1.82, 2.24) is 0 Å². The van der Waals surface area contributed by atoms with E-state index in [2.05, 4.69) is 15.9 Å². The highest BCUT2D eigenvalue weighted by atomic mass is 79.9. The van der Waals surface area contributed by atoms with Crippen LogP contribution < -0.4 is 0 Å². The number of halogens is 4. The SMILES string of the molecule is O=S(=O)(O)c1cc(Br)c2ccccc2c1C(F)(F)F. The maximum Gasteiger partial charge on any atom is 0.418 e. The van der Waals surface area contributed by atoms with Crippen molar-refractivity contribution in [1.29, 1.82) is 0 Å². The molecule has 102 valence electrons. The van der Waals surface area contributed by atoms with Gasteiger partial charge in [-0.3, -0.25) is 4.55 Å². The van der Waals surface area contributed by atoms with Gasteiger partial charge in [-0.2, -0.15) is 21.6 Å². The maximum atomic E-state index is 13.0. The van der Waals surface area contributed by atoms with E-state index in [4.69, 9.17) is 4.55 Å². The van der Waals surface area contributed by atoms with Gasteiger partial charge in [0.25, 0.3) is 10.1 Å². The Morgan fingerprint density at radius 3 is 2.11 bits per heavy atom. The fraction of sp³-hybridized carbons (Fsp3) is 0.0909. The van der Waals surface area contributed by atoms with Crippen LogP contribution in [0.3, 0.4) is 0 Å². The fourth-order valence-corrected chi connectivity index (χ4v) is 3.28. The Morgan fingerprint density at radius 1 is 1.11 bits per heavy atom. The molecule has 19 heavy (non-hydrogen) atoms. The summed E-state index contributed by atoms with van der Waals surface area (Å²) in [7, 11) is -4.98. The molecule has 2 rings (SSSR count). The molecule has 0 aliphatic carbocycles. The lowest BCUT2D eigenvalue weighted by Gasteiger charge is -2.15. The molecule has 0 amide bonds. The first-order valence-electron chi connectivity index (χ1n) is 4.88. The third kappa shape index (κ3) is 2.60. The van der Waals surface area contributed by atoms with Gasteiger partial charge in [0, 0.05) is 4.47 Å². The summed E-state index contributed by atoms with van der Waals surface area (Å²) in [6.45, 7) is 0. The zero-order chi connectivity index (χ0) is 14.4. The molecule has 0 spiro atoms. The minimum Gasteiger partial charge on any atom is -0.282 e. The van der Waals surface area contributed by atoms with E-state index in [0.717, 1.165) is 12.1 Å². The Kier molecular flexibility index (Phi) is 3.36. The maximum absolute atomic E-state index is 13.0. The lowest BCUT2D eigenvalue weighted by atomic mass is 10.0. The molecule has 1 N–H and O–H groups in total. The van der Waals surface area contributed by atoms with Crippen LogP contribution in [-0.4, -0.2) is 13.0 Å². The first-order chi connectivity index (χ1) is 8.62. The number of alkyl halides is 3. The van der Waals surface area contributed by atoms with E-state index >= 15 is 0 Å². The monoisotopic (exact) mass is 354 g/mol. The van der Waals surface area contributed by atoms with Crippen LogP contribution in [-0.2, 0) is 16.3 Å². The first-order valence-corrected chi connectivity index (χ1v) is 7.11. The van der Waals surface area contributed by atoms with Crippen LogP contribution in [0.25, 0.3) is 10.8 Å². The second kappa shape index (κ2) is 4.46. The molecule has 0 aromatic heterocycles. The summed E-state index contributed by atoms with van der Waals surface area (Å²) < 4.78 is 70.5. The molecule has 2 aromatic carbocycles. The van der Waals surface area contributed by atoms with Crippen molar-refractivity contribution < 1.29 is 26.1 Å². The Hall–Kier alpha value is -1.12. The smallest absolute Gasteiger partial charge is 0.282 e. The molecule has 0 atom stereocenters. The van der Waals surface area contributed by atoms with Crippen LogP contribution in [0.2, 0.25) is 0 Å². The number of hydrogen-bond acceptors (Lipinski definition) is 2. The molecule has 0 radical (unpaired) electrons. The van der Waals surface area contributed by atoms with Gasteiger partial charge in [0.15, 0.2) is 0 Å². The average Bonchev–Trinajstić information content (AvgIpc) is 2.26. The van der Waals surface area contributed by atoms with Gasteiger partial charge in [0.2, 0.25) is 0 Å². The van der Waals surface area contributed by atoms with Gasteiger partial charge in [-0.1, -0.05) is 40.2 Å². The largest absolute Gasteiger partial charge is 0.418 e. The van der Waals surface area contributed by atoms with E-state index in [1.54, 1.807) is 0 Å². The van der Waals surface area contributed by atoms with Gasteiger partial charge in [-0.05, 0) is 16.8 Å². The molecule has 0 saturated carbocycles. The van der Waals surface area contributed by atoms with Gasteiger partial charge in [-0.15, -0.1) is 0 Å². The molecule has 0 heterocycles. The van der Waals surface area contributed by atoms with Crippen LogP contribution >= 0.6 is 15.9 Å². The van der Waals surface area contributed by atoms with Gasteiger partial charge >= 0.3 is 6.18 Å². The minimum absolute atomic E-state index is 0.156. The Labute approximate surface area is 114 Å². The summed E-state index contributed by atoms with van der Waals surface area (Å²) in [5, 5.41) is -0.0841. The normalized spacial score (nSPS) is 12.9.